The van der Waals surface area contributed by atoms with Crippen molar-refractivity contribution in [2.45, 2.75) is 7.43 Å². The average molecular weight is 484 g/mol. The molecule has 2 aromatic carbocycles. The fraction of sp³-hybridized carbons (Fsp3) is 0.0625. The molecule has 0 bridgehead atoms. The molecule has 0 unspecified atom stereocenters. The smallest absolute Gasteiger partial charge is 0.512 e. The number of non-ortho nitro benzene ring substituents is 2. The minimum atomic E-state index is -0.499. The van der Waals surface area contributed by atoms with Crippen molar-refractivity contribution in [3.8, 4) is 6.07 Å². The minimum Gasteiger partial charge on any atom is -0.512 e. The first-order chi connectivity index (χ1) is 11.9. The van der Waals surface area contributed by atoms with Crippen LogP contribution in [0.5, 0.6) is 0 Å². The van der Waals surface area contributed by atoms with Gasteiger partial charge in [0, 0.05) is 28.7 Å². The van der Waals surface area contributed by atoms with E-state index in [1.165, 1.54) is 36.4 Å². The molecule has 0 atom stereocenters. The quantitative estimate of drug-likeness (QED) is 0.260. The van der Waals surface area contributed by atoms with E-state index < -0.39 is 9.85 Å². The summed E-state index contributed by atoms with van der Waals surface area (Å²) in [6.45, 7) is 9.50. The first-order valence-corrected chi connectivity index (χ1v) is 6.72. The molecule has 0 aliphatic rings. The Bertz CT molecular complexity index is 765. The van der Waals surface area contributed by atoms with Crippen LogP contribution in [0.25, 0.3) is 0 Å². The van der Waals surface area contributed by atoms with Crippen LogP contribution in [0.4, 0.5) is 11.4 Å². The second-order valence-electron chi connectivity index (χ2n) is 3.65. The zero-order chi connectivity index (χ0) is 19.8. The van der Waals surface area contributed by atoms with E-state index in [0.29, 0.717) is 5.56 Å². The fourth-order valence-electron chi connectivity index (χ4n) is 1.22. The third-order valence-corrected chi connectivity index (χ3v) is 2.77. The molecule has 0 aromatic heterocycles. The van der Waals surface area contributed by atoms with Gasteiger partial charge in [-0.25, -0.2) is 0 Å². The summed E-state index contributed by atoms with van der Waals surface area (Å²) in [5, 5.41) is 41.1. The van der Waals surface area contributed by atoms with E-state index in [9.17, 15) is 20.2 Å². The molecule has 11 heteroatoms. The number of nitro benzene ring substituents is 2. The van der Waals surface area contributed by atoms with Crippen molar-refractivity contribution >= 4 is 27.3 Å². The first kappa shape index (κ1) is 31.6. The molecule has 9 nitrogen and oxygen atoms in total. The molecule has 0 saturated heterocycles. The summed E-state index contributed by atoms with van der Waals surface area (Å²) in [4.78, 5) is 19.3. The number of halogens is 1. The van der Waals surface area contributed by atoms with Crippen LogP contribution in [-0.4, -0.2) is 9.85 Å². The van der Waals surface area contributed by atoms with Gasteiger partial charge in [0.25, 0.3) is 11.4 Å². The maximum Gasteiger partial charge on any atom is 2.00 e. The van der Waals surface area contributed by atoms with Crippen molar-refractivity contribution < 1.29 is 29.3 Å². The molecule has 0 aliphatic heterocycles. The number of rotatable bonds is 2. The van der Waals surface area contributed by atoms with Crippen LogP contribution >= 0.6 is 15.9 Å². The number of benzene rings is 2. The van der Waals surface area contributed by atoms with Crippen molar-refractivity contribution in [2.75, 3.05) is 0 Å². The summed E-state index contributed by atoms with van der Waals surface area (Å²) in [7, 11) is 0. The van der Waals surface area contributed by atoms with Gasteiger partial charge in [0.15, 0.2) is 0 Å². The molecule has 0 spiro atoms. The Labute approximate surface area is 177 Å². The third kappa shape index (κ3) is 13.7. The van der Waals surface area contributed by atoms with Gasteiger partial charge >= 0.3 is 19.5 Å². The van der Waals surface area contributed by atoms with E-state index in [2.05, 4.69) is 15.9 Å². The summed E-state index contributed by atoms with van der Waals surface area (Å²) in [5.74, 6) is 0. The molecule has 2 rings (SSSR count). The van der Waals surface area contributed by atoms with Gasteiger partial charge in [-0.15, -0.1) is 0 Å². The molecule has 134 valence electrons. The molecule has 0 fully saturated rings. The maximum absolute atomic E-state index is 10.1. The Kier molecular flexibility index (Phi) is 22.4. The summed E-state index contributed by atoms with van der Waals surface area (Å²) < 4.78 is 0.845. The van der Waals surface area contributed by atoms with Crippen molar-refractivity contribution in [2.24, 2.45) is 0 Å². The molecule has 27 heavy (non-hydrogen) atoms. The van der Waals surface area contributed by atoms with Crippen molar-refractivity contribution in [1.29, 1.82) is 15.8 Å². The number of nitrogens with zero attached hydrogens (tertiary/aromatic N) is 5. The molecule has 0 heterocycles. The van der Waals surface area contributed by atoms with Crippen LogP contribution < -0.4 is 0 Å². The molecule has 0 radical (unpaired) electrons. The minimum absolute atomic E-state index is 0. The van der Waals surface area contributed by atoms with Gasteiger partial charge in [-0.05, 0) is 24.3 Å². The average Bonchev–Trinajstić information content (AvgIpc) is 2.66. The van der Waals surface area contributed by atoms with Gasteiger partial charge in [0.1, 0.15) is 0 Å². The second kappa shape index (κ2) is 19.1. The molecule has 0 N–H and O–H groups in total. The second-order valence-corrected chi connectivity index (χ2v) is 4.56. The van der Waals surface area contributed by atoms with Gasteiger partial charge in [-0.2, -0.15) is 5.26 Å². The number of nitro groups is 2. The van der Waals surface area contributed by atoms with E-state index >= 15 is 0 Å². The van der Waals surface area contributed by atoms with Crippen molar-refractivity contribution in [3.05, 3.63) is 91.9 Å². The standard InChI is InChI=1S/C7H4N2O2.C6H4BrNO2.2CN.CH4.Zn/c8-5-6-1-3-7(4-2-6)9(10)11;7-5-1-3-6(4-2-5)8(9)10;2*1-2;;/h1-4H;1-4H;;;1H4;/q;;2*-1;;+2. The van der Waals surface area contributed by atoms with Gasteiger partial charge in [-0.1, -0.05) is 23.4 Å². The molecular formula is C16H12BrN5O4Zn. The summed E-state index contributed by atoms with van der Waals surface area (Å²) in [6.07, 6.45) is 0. The zero-order valence-electron chi connectivity index (χ0n) is 13.1. The fourth-order valence-corrected chi connectivity index (χ4v) is 1.48. The van der Waals surface area contributed by atoms with Crippen LogP contribution in [0.2, 0.25) is 0 Å². The molecule has 0 amide bonds. The Morgan fingerprint density at radius 1 is 0.815 bits per heavy atom. The molecule has 0 aliphatic carbocycles. The topological polar surface area (TPSA) is 158 Å². The number of nitriles is 1. The maximum atomic E-state index is 10.1. The first-order valence-electron chi connectivity index (χ1n) is 5.93. The Balaban J connectivity index is -0.000000156. The monoisotopic (exact) mass is 481 g/mol. The van der Waals surface area contributed by atoms with Crippen LogP contribution in [0, 0.1) is 55.2 Å². The normalized spacial score (nSPS) is 7.11. The molecule has 2 aromatic rings. The number of hydrogen-bond donors (Lipinski definition) is 0. The van der Waals surface area contributed by atoms with E-state index in [1.54, 1.807) is 12.1 Å². The zero-order valence-corrected chi connectivity index (χ0v) is 17.6. The SMILES string of the molecule is C.N#Cc1ccc([N+](=O)[O-])cc1.O=[N+]([O-])c1ccc(Br)cc1.[C-]#N.[C-]#N.[Zn+2]. The van der Waals surface area contributed by atoms with Crippen LogP contribution in [-0.2, 0) is 19.5 Å². The Hall–Kier alpha value is -3.19. The summed E-state index contributed by atoms with van der Waals surface area (Å²) in [5.41, 5.74) is 0.544. The van der Waals surface area contributed by atoms with Crippen LogP contribution in [0.15, 0.2) is 53.0 Å². The molecular weight excluding hydrogens is 472 g/mol. The summed E-state index contributed by atoms with van der Waals surface area (Å²) >= 11 is 3.17. The Morgan fingerprint density at radius 3 is 1.37 bits per heavy atom. The van der Waals surface area contributed by atoms with E-state index in [1.807, 2.05) is 6.07 Å². The number of hydrogen-bond acceptors (Lipinski definition) is 7. The molecule has 0 saturated carbocycles. The van der Waals surface area contributed by atoms with Crippen LogP contribution in [0.3, 0.4) is 0 Å². The predicted octanol–water partition coefficient (Wildman–Crippen LogP) is 4.65. The third-order valence-electron chi connectivity index (χ3n) is 2.24. The summed E-state index contributed by atoms with van der Waals surface area (Å²) in [6, 6.07) is 13.5. The van der Waals surface area contributed by atoms with Gasteiger partial charge in [0.05, 0.1) is 21.5 Å². The van der Waals surface area contributed by atoms with E-state index in [-0.39, 0.29) is 38.3 Å². The van der Waals surface area contributed by atoms with Crippen molar-refractivity contribution in [1.82, 2.24) is 0 Å². The predicted molar refractivity (Wildman–Crippen MR) is 95.3 cm³/mol. The van der Waals surface area contributed by atoms with Gasteiger partial charge in [-0.3, -0.25) is 20.2 Å². The van der Waals surface area contributed by atoms with Gasteiger partial charge < -0.3 is 23.7 Å². The van der Waals surface area contributed by atoms with E-state index in [4.69, 9.17) is 28.9 Å². The van der Waals surface area contributed by atoms with Crippen molar-refractivity contribution in [3.63, 3.8) is 0 Å². The van der Waals surface area contributed by atoms with Gasteiger partial charge in [0.2, 0.25) is 0 Å². The largest absolute Gasteiger partial charge is 2.00 e. The Morgan fingerprint density at radius 2 is 1.11 bits per heavy atom. The van der Waals surface area contributed by atoms with E-state index in [0.717, 1.165) is 4.47 Å². The van der Waals surface area contributed by atoms with Crippen LogP contribution in [0.1, 0.15) is 13.0 Å².